The second-order valence-electron chi connectivity index (χ2n) is 4.83. The Kier molecular flexibility index (Phi) is 3.86. The van der Waals surface area contributed by atoms with Crippen molar-refractivity contribution in [2.24, 2.45) is 5.41 Å². The summed E-state index contributed by atoms with van der Waals surface area (Å²) in [4.78, 5) is 11.3. The molecule has 5 heteroatoms. The first-order valence-corrected chi connectivity index (χ1v) is 5.63. The number of halogens is 3. The van der Waals surface area contributed by atoms with Crippen LogP contribution in [0.3, 0.4) is 0 Å². The van der Waals surface area contributed by atoms with Gasteiger partial charge in [0, 0.05) is 18.9 Å². The molecule has 1 N–H and O–H groups in total. The van der Waals surface area contributed by atoms with Crippen LogP contribution in [0.25, 0.3) is 0 Å². The summed E-state index contributed by atoms with van der Waals surface area (Å²) in [5.74, 6) is -0.0404. The summed E-state index contributed by atoms with van der Waals surface area (Å²) in [5, 5.41) is 2.82. The highest BCUT2D eigenvalue weighted by molar-refractivity contribution is 5.79. The standard InChI is InChI=1S/C11H18F3NO/c1-3-8-10(2,7-9(16)15-8)5-4-6-11(12,13)14/h8H,3-7H2,1-2H3,(H,15,16). The van der Waals surface area contributed by atoms with E-state index in [4.69, 9.17) is 0 Å². The predicted molar refractivity (Wildman–Crippen MR) is 54.9 cm³/mol. The monoisotopic (exact) mass is 237 g/mol. The van der Waals surface area contributed by atoms with Crippen LogP contribution in [0.15, 0.2) is 0 Å². The van der Waals surface area contributed by atoms with E-state index >= 15 is 0 Å². The molecule has 1 aliphatic heterocycles. The smallest absolute Gasteiger partial charge is 0.353 e. The molecule has 0 aromatic heterocycles. The first-order chi connectivity index (χ1) is 7.27. The topological polar surface area (TPSA) is 29.1 Å². The zero-order valence-corrected chi connectivity index (χ0v) is 9.66. The minimum absolute atomic E-state index is 0.0215. The second-order valence-corrected chi connectivity index (χ2v) is 4.83. The van der Waals surface area contributed by atoms with Gasteiger partial charge in [0.15, 0.2) is 0 Å². The fraction of sp³-hybridized carbons (Fsp3) is 0.909. The molecule has 1 rings (SSSR count). The number of rotatable bonds is 4. The molecule has 2 nitrogen and oxygen atoms in total. The number of carbonyl (C=O) groups excluding carboxylic acids is 1. The molecule has 2 unspecified atom stereocenters. The highest BCUT2D eigenvalue weighted by Crippen LogP contribution is 2.39. The zero-order chi connectivity index (χ0) is 12.4. The van der Waals surface area contributed by atoms with E-state index in [0.717, 1.165) is 6.42 Å². The third-order valence-electron chi connectivity index (χ3n) is 3.36. The molecule has 0 aromatic rings. The Labute approximate surface area is 93.6 Å². The van der Waals surface area contributed by atoms with Crippen molar-refractivity contribution < 1.29 is 18.0 Å². The lowest BCUT2D eigenvalue weighted by molar-refractivity contribution is -0.136. The van der Waals surface area contributed by atoms with Crippen molar-refractivity contribution in [3.05, 3.63) is 0 Å². The van der Waals surface area contributed by atoms with Gasteiger partial charge in [0.2, 0.25) is 5.91 Å². The molecule has 0 spiro atoms. The Morgan fingerprint density at radius 1 is 1.50 bits per heavy atom. The van der Waals surface area contributed by atoms with Gasteiger partial charge in [-0.15, -0.1) is 0 Å². The normalized spacial score (nSPS) is 30.6. The van der Waals surface area contributed by atoms with Crippen LogP contribution < -0.4 is 5.32 Å². The molecule has 16 heavy (non-hydrogen) atoms. The average molecular weight is 237 g/mol. The molecule has 1 amide bonds. The average Bonchev–Trinajstić information content (AvgIpc) is 2.38. The largest absolute Gasteiger partial charge is 0.389 e. The fourth-order valence-corrected chi connectivity index (χ4v) is 2.46. The van der Waals surface area contributed by atoms with Gasteiger partial charge in [0.1, 0.15) is 0 Å². The van der Waals surface area contributed by atoms with Gasteiger partial charge in [-0.2, -0.15) is 13.2 Å². The second kappa shape index (κ2) is 4.63. The summed E-state index contributed by atoms with van der Waals surface area (Å²) in [5.41, 5.74) is -0.308. The van der Waals surface area contributed by atoms with Crippen molar-refractivity contribution in [3.63, 3.8) is 0 Å². The number of hydrogen-bond donors (Lipinski definition) is 1. The highest BCUT2D eigenvalue weighted by atomic mass is 19.4. The highest BCUT2D eigenvalue weighted by Gasteiger charge is 2.42. The van der Waals surface area contributed by atoms with E-state index in [0.29, 0.717) is 12.8 Å². The molecular formula is C11H18F3NO. The van der Waals surface area contributed by atoms with Gasteiger partial charge < -0.3 is 5.32 Å². The summed E-state index contributed by atoms with van der Waals surface area (Å²) < 4.78 is 36.1. The lowest BCUT2D eigenvalue weighted by Crippen LogP contribution is -2.34. The molecule has 1 saturated heterocycles. The van der Waals surface area contributed by atoms with Crippen molar-refractivity contribution in [1.82, 2.24) is 5.32 Å². The van der Waals surface area contributed by atoms with E-state index in [1.54, 1.807) is 0 Å². The van der Waals surface area contributed by atoms with Crippen molar-refractivity contribution in [2.75, 3.05) is 0 Å². The third kappa shape index (κ3) is 3.39. The van der Waals surface area contributed by atoms with E-state index < -0.39 is 12.6 Å². The van der Waals surface area contributed by atoms with E-state index in [1.165, 1.54) is 0 Å². The number of carbonyl (C=O) groups is 1. The van der Waals surface area contributed by atoms with Gasteiger partial charge in [0.25, 0.3) is 0 Å². The number of amides is 1. The summed E-state index contributed by atoms with van der Waals surface area (Å²) in [7, 11) is 0. The molecule has 0 saturated carbocycles. The summed E-state index contributed by atoms with van der Waals surface area (Å²) in [6, 6.07) is 0.0215. The number of nitrogens with one attached hydrogen (secondary N) is 1. The SMILES string of the molecule is CCC1NC(=O)CC1(C)CCCC(F)(F)F. The van der Waals surface area contributed by atoms with Crippen LogP contribution in [0.2, 0.25) is 0 Å². The maximum Gasteiger partial charge on any atom is 0.389 e. The van der Waals surface area contributed by atoms with Crippen LogP contribution in [0.5, 0.6) is 0 Å². The van der Waals surface area contributed by atoms with E-state index in [1.807, 2.05) is 13.8 Å². The van der Waals surface area contributed by atoms with Gasteiger partial charge in [-0.25, -0.2) is 0 Å². The Morgan fingerprint density at radius 3 is 2.62 bits per heavy atom. The molecule has 1 aliphatic rings. The van der Waals surface area contributed by atoms with Crippen molar-refractivity contribution in [2.45, 2.75) is 58.2 Å². The predicted octanol–water partition coefficient (Wildman–Crippen LogP) is 3.02. The van der Waals surface area contributed by atoms with Crippen molar-refractivity contribution in [3.8, 4) is 0 Å². The van der Waals surface area contributed by atoms with Crippen LogP contribution in [-0.2, 0) is 4.79 Å². The van der Waals surface area contributed by atoms with Crippen LogP contribution >= 0.6 is 0 Å². The summed E-state index contributed by atoms with van der Waals surface area (Å²) in [6.45, 7) is 3.84. The quantitative estimate of drug-likeness (QED) is 0.800. The van der Waals surface area contributed by atoms with E-state index in [-0.39, 0.29) is 23.8 Å². The molecule has 1 fully saturated rings. The summed E-state index contributed by atoms with van der Waals surface area (Å²) >= 11 is 0. The molecule has 0 aliphatic carbocycles. The van der Waals surface area contributed by atoms with Gasteiger partial charge in [0.05, 0.1) is 0 Å². The fourth-order valence-electron chi connectivity index (χ4n) is 2.46. The Bertz CT molecular complexity index is 264. The Hall–Kier alpha value is -0.740. The molecule has 0 bridgehead atoms. The Balaban J connectivity index is 2.48. The van der Waals surface area contributed by atoms with Gasteiger partial charge >= 0.3 is 6.18 Å². The lowest BCUT2D eigenvalue weighted by Gasteiger charge is -2.29. The van der Waals surface area contributed by atoms with Crippen molar-refractivity contribution in [1.29, 1.82) is 0 Å². The molecule has 0 radical (unpaired) electrons. The first kappa shape index (κ1) is 13.3. The molecular weight excluding hydrogens is 219 g/mol. The van der Waals surface area contributed by atoms with Gasteiger partial charge in [-0.1, -0.05) is 13.8 Å². The van der Waals surface area contributed by atoms with Crippen LogP contribution in [0.4, 0.5) is 13.2 Å². The zero-order valence-electron chi connectivity index (χ0n) is 9.66. The molecule has 2 atom stereocenters. The minimum Gasteiger partial charge on any atom is -0.353 e. The van der Waals surface area contributed by atoms with Crippen LogP contribution in [-0.4, -0.2) is 18.1 Å². The molecule has 94 valence electrons. The third-order valence-corrected chi connectivity index (χ3v) is 3.36. The van der Waals surface area contributed by atoms with Gasteiger partial charge in [-0.3, -0.25) is 4.79 Å². The lowest BCUT2D eigenvalue weighted by atomic mass is 9.77. The number of alkyl halides is 3. The van der Waals surface area contributed by atoms with Crippen LogP contribution in [0, 0.1) is 5.41 Å². The van der Waals surface area contributed by atoms with Crippen molar-refractivity contribution >= 4 is 5.91 Å². The van der Waals surface area contributed by atoms with Crippen LogP contribution in [0.1, 0.15) is 46.0 Å². The molecule has 0 aromatic carbocycles. The summed E-state index contributed by atoms with van der Waals surface area (Å²) in [6.07, 6.45) is -3.17. The van der Waals surface area contributed by atoms with E-state index in [2.05, 4.69) is 5.32 Å². The number of hydrogen-bond acceptors (Lipinski definition) is 1. The molecule has 1 heterocycles. The maximum atomic E-state index is 12.0. The first-order valence-electron chi connectivity index (χ1n) is 5.63. The Morgan fingerprint density at radius 2 is 2.12 bits per heavy atom. The maximum absolute atomic E-state index is 12.0. The van der Waals surface area contributed by atoms with E-state index in [9.17, 15) is 18.0 Å². The van der Waals surface area contributed by atoms with Gasteiger partial charge in [-0.05, 0) is 24.7 Å². The minimum atomic E-state index is -4.09.